The second-order valence-electron chi connectivity index (χ2n) is 5.07. The van der Waals surface area contributed by atoms with E-state index in [9.17, 15) is 4.79 Å². The zero-order valence-corrected chi connectivity index (χ0v) is 12.6. The molecule has 0 aliphatic heterocycles. The summed E-state index contributed by atoms with van der Waals surface area (Å²) in [5.74, 6) is 1.06. The van der Waals surface area contributed by atoms with E-state index in [0.29, 0.717) is 12.8 Å². The number of ketones is 1. The van der Waals surface area contributed by atoms with Crippen LogP contribution in [0.5, 0.6) is 5.75 Å². The molecule has 1 aromatic heterocycles. The van der Waals surface area contributed by atoms with Gasteiger partial charge in [0, 0.05) is 24.7 Å². The number of ether oxygens (including phenoxy) is 1. The third-order valence-corrected chi connectivity index (χ3v) is 3.52. The number of Topliss-reactive ketones (excluding diaryl/α,β-unsaturated/α-hetero) is 1. The van der Waals surface area contributed by atoms with Crippen molar-refractivity contribution in [2.75, 3.05) is 7.11 Å². The van der Waals surface area contributed by atoms with Gasteiger partial charge in [-0.1, -0.05) is 25.1 Å². The number of benzene rings is 1. The Hall–Kier alpha value is -2.16. The summed E-state index contributed by atoms with van der Waals surface area (Å²) >= 11 is 0. The van der Waals surface area contributed by atoms with Gasteiger partial charge < -0.3 is 4.74 Å². The van der Waals surface area contributed by atoms with Gasteiger partial charge in [0.1, 0.15) is 11.5 Å². The van der Waals surface area contributed by atoms with Crippen LogP contribution in [-0.2, 0) is 24.1 Å². The first-order valence-electron chi connectivity index (χ1n) is 7.29. The standard InChI is InChI=1S/C18H21NO2/c1-3-14-4-8-16(19-13-14)12-17(20)9-5-15-6-10-18(21-2)11-7-15/h4,6-8,10-11,13H,3,5,9,12H2,1-2H3. The van der Waals surface area contributed by atoms with Gasteiger partial charge in [-0.2, -0.15) is 0 Å². The maximum atomic E-state index is 12.0. The van der Waals surface area contributed by atoms with Gasteiger partial charge in [0.05, 0.1) is 7.11 Å². The van der Waals surface area contributed by atoms with Gasteiger partial charge >= 0.3 is 0 Å². The van der Waals surface area contributed by atoms with Crippen molar-refractivity contribution in [3.8, 4) is 5.75 Å². The zero-order chi connectivity index (χ0) is 15.1. The summed E-state index contributed by atoms with van der Waals surface area (Å²) in [5.41, 5.74) is 3.20. The van der Waals surface area contributed by atoms with Crippen LogP contribution in [0.3, 0.4) is 0 Å². The molecule has 0 spiro atoms. The number of nitrogens with zero attached hydrogens (tertiary/aromatic N) is 1. The summed E-state index contributed by atoms with van der Waals surface area (Å²) in [6, 6.07) is 11.8. The summed E-state index contributed by atoms with van der Waals surface area (Å²) in [5, 5.41) is 0. The zero-order valence-electron chi connectivity index (χ0n) is 12.6. The fraction of sp³-hybridized carbons (Fsp3) is 0.333. The molecule has 0 amide bonds. The van der Waals surface area contributed by atoms with Crippen molar-refractivity contribution in [2.24, 2.45) is 0 Å². The molecule has 3 heteroatoms. The molecule has 0 bridgehead atoms. The second kappa shape index (κ2) is 7.58. The quantitative estimate of drug-likeness (QED) is 0.782. The molecular formula is C18H21NO2. The van der Waals surface area contributed by atoms with Gasteiger partial charge in [0.2, 0.25) is 0 Å². The van der Waals surface area contributed by atoms with Crippen LogP contribution in [0.4, 0.5) is 0 Å². The van der Waals surface area contributed by atoms with E-state index in [0.717, 1.165) is 29.8 Å². The largest absolute Gasteiger partial charge is 0.497 e. The first-order chi connectivity index (χ1) is 10.2. The fourth-order valence-corrected chi connectivity index (χ4v) is 2.14. The van der Waals surface area contributed by atoms with E-state index in [1.807, 2.05) is 42.6 Å². The summed E-state index contributed by atoms with van der Waals surface area (Å²) in [6.07, 6.45) is 4.55. The van der Waals surface area contributed by atoms with Crippen molar-refractivity contribution in [3.05, 3.63) is 59.4 Å². The highest BCUT2D eigenvalue weighted by molar-refractivity contribution is 5.80. The first-order valence-corrected chi connectivity index (χ1v) is 7.29. The van der Waals surface area contributed by atoms with E-state index < -0.39 is 0 Å². The smallest absolute Gasteiger partial charge is 0.139 e. The highest BCUT2D eigenvalue weighted by atomic mass is 16.5. The SMILES string of the molecule is CCc1ccc(CC(=O)CCc2ccc(OC)cc2)nc1. The molecule has 0 N–H and O–H groups in total. The monoisotopic (exact) mass is 283 g/mol. The first kappa shape index (κ1) is 15.2. The van der Waals surface area contributed by atoms with Crippen LogP contribution >= 0.6 is 0 Å². The number of carbonyl (C=O) groups is 1. The third kappa shape index (κ3) is 4.71. The molecule has 0 aliphatic rings. The number of hydrogen-bond acceptors (Lipinski definition) is 3. The molecule has 2 rings (SSSR count). The van der Waals surface area contributed by atoms with Crippen LogP contribution in [0.2, 0.25) is 0 Å². The van der Waals surface area contributed by atoms with E-state index in [4.69, 9.17) is 4.74 Å². The Morgan fingerprint density at radius 3 is 2.38 bits per heavy atom. The predicted molar refractivity (Wildman–Crippen MR) is 83.6 cm³/mol. The molecule has 1 aromatic carbocycles. The van der Waals surface area contributed by atoms with Crippen LogP contribution in [-0.4, -0.2) is 17.9 Å². The molecule has 0 saturated carbocycles. The molecule has 3 nitrogen and oxygen atoms in total. The maximum Gasteiger partial charge on any atom is 0.139 e. The number of aromatic nitrogens is 1. The lowest BCUT2D eigenvalue weighted by atomic mass is 10.0. The highest BCUT2D eigenvalue weighted by Crippen LogP contribution is 2.13. The van der Waals surface area contributed by atoms with Crippen molar-refractivity contribution in [1.29, 1.82) is 0 Å². The van der Waals surface area contributed by atoms with Crippen molar-refractivity contribution in [2.45, 2.75) is 32.6 Å². The van der Waals surface area contributed by atoms with Gasteiger partial charge in [0.15, 0.2) is 0 Å². The lowest BCUT2D eigenvalue weighted by molar-refractivity contribution is -0.118. The van der Waals surface area contributed by atoms with Crippen molar-refractivity contribution < 1.29 is 9.53 Å². The molecular weight excluding hydrogens is 262 g/mol. The minimum Gasteiger partial charge on any atom is -0.497 e. The molecule has 110 valence electrons. The van der Waals surface area contributed by atoms with Crippen LogP contribution in [0.15, 0.2) is 42.6 Å². The van der Waals surface area contributed by atoms with E-state index in [1.165, 1.54) is 5.56 Å². The predicted octanol–water partition coefficient (Wildman–Crippen LogP) is 3.40. The van der Waals surface area contributed by atoms with Crippen LogP contribution in [0.25, 0.3) is 0 Å². The van der Waals surface area contributed by atoms with Crippen LogP contribution < -0.4 is 4.74 Å². The number of rotatable bonds is 7. The van der Waals surface area contributed by atoms with Gasteiger partial charge in [-0.3, -0.25) is 9.78 Å². The lowest BCUT2D eigenvalue weighted by Crippen LogP contribution is -2.06. The highest BCUT2D eigenvalue weighted by Gasteiger charge is 2.06. The summed E-state index contributed by atoms with van der Waals surface area (Å²) in [6.45, 7) is 2.09. The minimum absolute atomic E-state index is 0.225. The number of carbonyl (C=O) groups excluding carboxylic acids is 1. The van der Waals surface area contributed by atoms with Crippen molar-refractivity contribution >= 4 is 5.78 Å². The van der Waals surface area contributed by atoms with Gasteiger partial charge in [-0.05, 0) is 42.2 Å². The average molecular weight is 283 g/mol. The van der Waals surface area contributed by atoms with Crippen molar-refractivity contribution in [1.82, 2.24) is 4.98 Å². The molecule has 0 atom stereocenters. The van der Waals surface area contributed by atoms with Gasteiger partial charge in [-0.15, -0.1) is 0 Å². The average Bonchev–Trinajstić information content (AvgIpc) is 2.54. The maximum absolute atomic E-state index is 12.0. The third-order valence-electron chi connectivity index (χ3n) is 3.52. The lowest BCUT2D eigenvalue weighted by Gasteiger charge is -2.04. The molecule has 0 saturated heterocycles. The Balaban J connectivity index is 1.83. The van der Waals surface area contributed by atoms with E-state index >= 15 is 0 Å². The Morgan fingerprint density at radius 2 is 1.81 bits per heavy atom. The van der Waals surface area contributed by atoms with Gasteiger partial charge in [-0.25, -0.2) is 0 Å². The number of hydrogen-bond donors (Lipinski definition) is 0. The normalized spacial score (nSPS) is 10.4. The molecule has 0 unspecified atom stereocenters. The van der Waals surface area contributed by atoms with E-state index in [1.54, 1.807) is 7.11 Å². The minimum atomic E-state index is 0.225. The van der Waals surface area contributed by atoms with E-state index in [-0.39, 0.29) is 5.78 Å². The van der Waals surface area contributed by atoms with Crippen molar-refractivity contribution in [3.63, 3.8) is 0 Å². The molecule has 0 aliphatic carbocycles. The molecule has 1 heterocycles. The summed E-state index contributed by atoms with van der Waals surface area (Å²) < 4.78 is 5.12. The summed E-state index contributed by atoms with van der Waals surface area (Å²) in [4.78, 5) is 16.3. The fourth-order valence-electron chi connectivity index (χ4n) is 2.14. The Bertz CT molecular complexity index is 573. The number of pyridine rings is 1. The Labute approximate surface area is 126 Å². The molecule has 0 radical (unpaired) electrons. The second-order valence-corrected chi connectivity index (χ2v) is 5.07. The Kier molecular flexibility index (Phi) is 5.50. The molecule has 21 heavy (non-hydrogen) atoms. The topological polar surface area (TPSA) is 39.2 Å². The molecule has 0 fully saturated rings. The van der Waals surface area contributed by atoms with E-state index in [2.05, 4.69) is 11.9 Å². The van der Waals surface area contributed by atoms with Gasteiger partial charge in [0.25, 0.3) is 0 Å². The number of methoxy groups -OCH3 is 1. The Morgan fingerprint density at radius 1 is 1.10 bits per heavy atom. The van der Waals surface area contributed by atoms with Crippen LogP contribution in [0.1, 0.15) is 30.2 Å². The number of aryl methyl sites for hydroxylation is 2. The van der Waals surface area contributed by atoms with Crippen LogP contribution in [0, 0.1) is 0 Å². The summed E-state index contributed by atoms with van der Waals surface area (Å²) in [7, 11) is 1.65. The molecule has 2 aromatic rings.